The van der Waals surface area contributed by atoms with Crippen molar-refractivity contribution in [2.24, 2.45) is 21.7 Å². The third-order valence-electron chi connectivity index (χ3n) is 2.29. The Labute approximate surface area is 119 Å². The van der Waals surface area contributed by atoms with Crippen molar-refractivity contribution in [3.63, 3.8) is 0 Å². The van der Waals surface area contributed by atoms with Crippen LogP contribution in [0.2, 0.25) is 0 Å². The normalized spacial score (nSPS) is 10.5. The summed E-state index contributed by atoms with van der Waals surface area (Å²) in [6.45, 7) is 5.41. The SMILES string of the molecule is CCCOc1ccc(/C=N/N=C(N)N)c(OCCC)c1. The third kappa shape index (κ3) is 5.60. The lowest BCUT2D eigenvalue weighted by Gasteiger charge is -2.11. The standard InChI is InChI=1S/C14H22N4O2/c1-3-7-19-12-6-5-11(10-17-18-14(15)16)13(9-12)20-8-4-2/h5-6,9-10H,3-4,7-8H2,1-2H3,(H4,15,16,18)/b17-10+. The topological polar surface area (TPSA) is 95.2 Å². The van der Waals surface area contributed by atoms with E-state index >= 15 is 0 Å². The third-order valence-corrected chi connectivity index (χ3v) is 2.29. The zero-order chi connectivity index (χ0) is 14.8. The van der Waals surface area contributed by atoms with Gasteiger partial charge >= 0.3 is 0 Å². The molecular weight excluding hydrogens is 256 g/mol. The van der Waals surface area contributed by atoms with Crippen LogP contribution in [0.5, 0.6) is 11.5 Å². The summed E-state index contributed by atoms with van der Waals surface area (Å²) < 4.78 is 11.3. The maximum atomic E-state index is 5.68. The molecule has 0 bridgehead atoms. The first-order chi connectivity index (χ1) is 9.67. The van der Waals surface area contributed by atoms with Gasteiger partial charge in [-0.3, -0.25) is 0 Å². The highest BCUT2D eigenvalue weighted by Gasteiger charge is 2.04. The van der Waals surface area contributed by atoms with E-state index in [1.54, 1.807) is 6.21 Å². The van der Waals surface area contributed by atoms with Crippen molar-refractivity contribution < 1.29 is 9.47 Å². The summed E-state index contributed by atoms with van der Waals surface area (Å²) in [5.74, 6) is 1.40. The molecule has 0 amide bonds. The molecule has 0 aromatic heterocycles. The summed E-state index contributed by atoms with van der Waals surface area (Å²) in [5.41, 5.74) is 11.2. The number of hydrogen-bond donors (Lipinski definition) is 2. The number of guanidine groups is 1. The van der Waals surface area contributed by atoms with Crippen LogP contribution < -0.4 is 20.9 Å². The van der Waals surface area contributed by atoms with Crippen LogP contribution in [0.4, 0.5) is 0 Å². The van der Waals surface area contributed by atoms with Crippen LogP contribution in [0, 0.1) is 0 Å². The molecule has 20 heavy (non-hydrogen) atoms. The number of hydrogen-bond acceptors (Lipinski definition) is 4. The molecule has 0 fully saturated rings. The molecule has 0 spiro atoms. The molecule has 0 aliphatic rings. The van der Waals surface area contributed by atoms with Crippen LogP contribution in [0.1, 0.15) is 32.3 Å². The van der Waals surface area contributed by atoms with Crippen LogP contribution in [-0.2, 0) is 0 Å². The Kier molecular flexibility index (Phi) is 6.95. The highest BCUT2D eigenvalue weighted by Crippen LogP contribution is 2.24. The first kappa shape index (κ1) is 15.8. The molecule has 0 aliphatic carbocycles. The van der Waals surface area contributed by atoms with Crippen molar-refractivity contribution in [2.75, 3.05) is 13.2 Å². The second-order valence-corrected chi connectivity index (χ2v) is 4.17. The Balaban J connectivity index is 2.90. The quantitative estimate of drug-likeness (QED) is 0.431. The zero-order valence-corrected chi connectivity index (χ0v) is 12.0. The molecule has 0 saturated carbocycles. The number of nitrogens with zero attached hydrogens (tertiary/aromatic N) is 2. The van der Waals surface area contributed by atoms with Crippen LogP contribution >= 0.6 is 0 Å². The minimum absolute atomic E-state index is 0.0832. The predicted molar refractivity (Wildman–Crippen MR) is 81.4 cm³/mol. The number of benzene rings is 1. The van der Waals surface area contributed by atoms with Crippen molar-refractivity contribution in [1.29, 1.82) is 0 Å². The van der Waals surface area contributed by atoms with Gasteiger partial charge in [0.15, 0.2) is 0 Å². The van der Waals surface area contributed by atoms with E-state index in [-0.39, 0.29) is 5.96 Å². The van der Waals surface area contributed by atoms with Crippen molar-refractivity contribution in [1.82, 2.24) is 0 Å². The van der Waals surface area contributed by atoms with Crippen LogP contribution in [0.15, 0.2) is 28.4 Å². The van der Waals surface area contributed by atoms with Gasteiger partial charge in [0.25, 0.3) is 0 Å². The van der Waals surface area contributed by atoms with Gasteiger partial charge in [-0.15, -0.1) is 5.10 Å². The number of rotatable bonds is 8. The fraction of sp³-hybridized carbons (Fsp3) is 0.429. The van der Waals surface area contributed by atoms with E-state index in [2.05, 4.69) is 17.1 Å². The highest BCUT2D eigenvalue weighted by molar-refractivity contribution is 5.85. The first-order valence-electron chi connectivity index (χ1n) is 6.69. The summed E-state index contributed by atoms with van der Waals surface area (Å²) in [4.78, 5) is 0. The molecule has 1 aromatic rings. The fourth-order valence-electron chi connectivity index (χ4n) is 1.43. The van der Waals surface area contributed by atoms with Gasteiger partial charge in [0.1, 0.15) is 11.5 Å². The van der Waals surface area contributed by atoms with Gasteiger partial charge in [0.05, 0.1) is 19.4 Å². The Morgan fingerprint density at radius 3 is 2.50 bits per heavy atom. The molecule has 0 radical (unpaired) electrons. The second kappa shape index (κ2) is 8.79. The molecule has 6 nitrogen and oxygen atoms in total. The van der Waals surface area contributed by atoms with E-state index in [1.165, 1.54) is 0 Å². The van der Waals surface area contributed by atoms with Gasteiger partial charge < -0.3 is 20.9 Å². The first-order valence-corrected chi connectivity index (χ1v) is 6.69. The Bertz CT molecular complexity index is 468. The maximum absolute atomic E-state index is 5.68. The lowest BCUT2D eigenvalue weighted by Crippen LogP contribution is -2.21. The van der Waals surface area contributed by atoms with Crippen molar-refractivity contribution in [3.8, 4) is 11.5 Å². The Morgan fingerprint density at radius 1 is 1.15 bits per heavy atom. The Hall–Kier alpha value is -2.24. The van der Waals surface area contributed by atoms with Gasteiger partial charge in [0, 0.05) is 11.6 Å². The van der Waals surface area contributed by atoms with Crippen molar-refractivity contribution >= 4 is 12.2 Å². The van der Waals surface area contributed by atoms with E-state index in [4.69, 9.17) is 20.9 Å². The minimum atomic E-state index is -0.0832. The lowest BCUT2D eigenvalue weighted by atomic mass is 10.2. The molecule has 0 saturated heterocycles. The smallest absolute Gasteiger partial charge is 0.211 e. The predicted octanol–water partition coefficient (Wildman–Crippen LogP) is 1.87. The van der Waals surface area contributed by atoms with E-state index < -0.39 is 0 Å². The molecule has 4 N–H and O–H groups in total. The molecule has 0 heterocycles. The van der Waals surface area contributed by atoms with Crippen LogP contribution in [0.3, 0.4) is 0 Å². The average molecular weight is 278 g/mol. The van der Waals surface area contributed by atoms with E-state index in [9.17, 15) is 0 Å². The molecule has 1 aromatic carbocycles. The van der Waals surface area contributed by atoms with E-state index in [0.29, 0.717) is 19.0 Å². The van der Waals surface area contributed by atoms with Gasteiger partial charge in [-0.25, -0.2) is 0 Å². The van der Waals surface area contributed by atoms with Gasteiger partial charge in [0.2, 0.25) is 5.96 Å². The van der Waals surface area contributed by atoms with E-state index in [1.807, 2.05) is 25.1 Å². The summed E-state index contributed by atoms with van der Waals surface area (Å²) in [5, 5.41) is 7.36. The number of ether oxygens (including phenoxy) is 2. The molecule has 0 aliphatic heterocycles. The lowest BCUT2D eigenvalue weighted by molar-refractivity contribution is 0.301. The van der Waals surface area contributed by atoms with E-state index in [0.717, 1.165) is 24.2 Å². The maximum Gasteiger partial charge on any atom is 0.211 e. The Morgan fingerprint density at radius 2 is 1.85 bits per heavy atom. The van der Waals surface area contributed by atoms with Gasteiger partial charge in [-0.1, -0.05) is 13.8 Å². The molecular formula is C14H22N4O2. The second-order valence-electron chi connectivity index (χ2n) is 4.17. The van der Waals surface area contributed by atoms with Gasteiger partial charge in [-0.05, 0) is 25.0 Å². The molecule has 0 atom stereocenters. The monoisotopic (exact) mass is 278 g/mol. The highest BCUT2D eigenvalue weighted by atomic mass is 16.5. The van der Waals surface area contributed by atoms with Crippen LogP contribution in [0.25, 0.3) is 0 Å². The van der Waals surface area contributed by atoms with Crippen LogP contribution in [-0.4, -0.2) is 25.4 Å². The molecule has 0 unspecified atom stereocenters. The largest absolute Gasteiger partial charge is 0.493 e. The average Bonchev–Trinajstić information content (AvgIpc) is 2.44. The van der Waals surface area contributed by atoms with Crippen molar-refractivity contribution in [3.05, 3.63) is 23.8 Å². The summed E-state index contributed by atoms with van der Waals surface area (Å²) >= 11 is 0. The summed E-state index contributed by atoms with van der Waals surface area (Å²) in [7, 11) is 0. The molecule has 1 rings (SSSR count). The summed E-state index contributed by atoms with van der Waals surface area (Å²) in [6, 6.07) is 5.58. The van der Waals surface area contributed by atoms with Crippen molar-refractivity contribution in [2.45, 2.75) is 26.7 Å². The summed E-state index contributed by atoms with van der Waals surface area (Å²) in [6.07, 6.45) is 3.43. The molecule has 6 heteroatoms. The fourth-order valence-corrected chi connectivity index (χ4v) is 1.43. The minimum Gasteiger partial charge on any atom is -0.493 e. The zero-order valence-electron chi connectivity index (χ0n) is 12.0. The van der Waals surface area contributed by atoms with Gasteiger partial charge in [-0.2, -0.15) is 5.10 Å². The number of nitrogens with two attached hydrogens (primary N) is 2. The molecule has 110 valence electrons.